The van der Waals surface area contributed by atoms with Gasteiger partial charge in [-0.15, -0.1) is 5.10 Å². The minimum absolute atomic E-state index is 0.0637. The summed E-state index contributed by atoms with van der Waals surface area (Å²) >= 11 is 0. The van der Waals surface area contributed by atoms with Crippen LogP contribution in [0.1, 0.15) is 28.2 Å². The molecule has 1 heterocycles. The Labute approximate surface area is 113 Å². The number of benzene rings is 1. The fourth-order valence-electron chi connectivity index (χ4n) is 1.64. The molecule has 3 N–H and O–H groups in total. The van der Waals surface area contributed by atoms with Crippen LogP contribution < -0.4 is 11.1 Å². The molecule has 2 aromatic rings. The predicted octanol–water partition coefficient (Wildman–Crippen LogP) is 1.90. The van der Waals surface area contributed by atoms with Gasteiger partial charge in [-0.1, -0.05) is 11.6 Å². The molecule has 1 amide bonds. The van der Waals surface area contributed by atoms with Crippen LogP contribution in [0.15, 0.2) is 18.2 Å². The Kier molecular flexibility index (Phi) is 3.64. The van der Waals surface area contributed by atoms with Gasteiger partial charge in [0.25, 0.3) is 12.3 Å². The van der Waals surface area contributed by atoms with Crippen LogP contribution >= 0.6 is 0 Å². The van der Waals surface area contributed by atoms with Crippen LogP contribution in [-0.4, -0.2) is 20.7 Å². The number of amides is 1. The lowest BCUT2D eigenvalue weighted by molar-refractivity contribution is 0.102. The Hall–Kier alpha value is -2.51. The summed E-state index contributed by atoms with van der Waals surface area (Å²) in [6, 6.07) is 4.98. The lowest BCUT2D eigenvalue weighted by Gasteiger charge is -2.07. The molecule has 6 nitrogen and oxygen atoms in total. The van der Waals surface area contributed by atoms with Gasteiger partial charge in [-0.2, -0.15) is 4.98 Å². The molecular formula is C12H13F2N5O. The second-order valence-corrected chi connectivity index (χ2v) is 4.26. The monoisotopic (exact) mass is 281 g/mol. The number of hydrogen-bond donors (Lipinski definition) is 2. The highest BCUT2D eigenvalue weighted by Crippen LogP contribution is 2.18. The Bertz CT molecular complexity index is 653. The highest BCUT2D eigenvalue weighted by atomic mass is 19.3. The van der Waals surface area contributed by atoms with Gasteiger partial charge in [-0.25, -0.2) is 13.5 Å². The lowest BCUT2D eigenvalue weighted by Crippen LogP contribution is -2.17. The van der Waals surface area contributed by atoms with Crippen molar-refractivity contribution in [3.63, 3.8) is 0 Å². The number of nitrogens with one attached hydrogen (secondary N) is 1. The number of nitrogen functional groups attached to an aromatic ring is 1. The molecule has 0 atom stereocenters. The SMILES string of the molecule is Cc1ccc(N)c(C(=O)Nc2nc(C(F)F)nn2C)c1. The van der Waals surface area contributed by atoms with E-state index in [-0.39, 0.29) is 11.5 Å². The van der Waals surface area contributed by atoms with E-state index < -0.39 is 18.2 Å². The first-order chi connectivity index (χ1) is 9.38. The van der Waals surface area contributed by atoms with Crippen molar-refractivity contribution >= 4 is 17.5 Å². The van der Waals surface area contributed by atoms with Gasteiger partial charge < -0.3 is 5.73 Å². The predicted molar refractivity (Wildman–Crippen MR) is 69.5 cm³/mol. The van der Waals surface area contributed by atoms with Crippen molar-refractivity contribution < 1.29 is 13.6 Å². The Morgan fingerprint density at radius 3 is 2.75 bits per heavy atom. The number of carbonyl (C=O) groups excluding carboxylic acids is 1. The van der Waals surface area contributed by atoms with Crippen molar-refractivity contribution in [1.82, 2.24) is 14.8 Å². The topological polar surface area (TPSA) is 85.8 Å². The molecule has 0 radical (unpaired) electrons. The van der Waals surface area contributed by atoms with E-state index in [2.05, 4.69) is 15.4 Å². The summed E-state index contributed by atoms with van der Waals surface area (Å²) in [5.41, 5.74) is 7.12. The minimum atomic E-state index is -2.80. The Morgan fingerprint density at radius 2 is 2.15 bits per heavy atom. The molecule has 0 spiro atoms. The van der Waals surface area contributed by atoms with Gasteiger partial charge in [-0.3, -0.25) is 10.1 Å². The number of nitrogens with zero attached hydrogens (tertiary/aromatic N) is 3. The highest BCUT2D eigenvalue weighted by molar-refractivity contribution is 6.07. The highest BCUT2D eigenvalue weighted by Gasteiger charge is 2.18. The first kappa shape index (κ1) is 13.9. The fourth-order valence-corrected chi connectivity index (χ4v) is 1.64. The van der Waals surface area contributed by atoms with E-state index in [1.807, 2.05) is 6.92 Å². The molecule has 0 saturated carbocycles. The molecule has 20 heavy (non-hydrogen) atoms. The van der Waals surface area contributed by atoms with Crippen molar-refractivity contribution in [1.29, 1.82) is 0 Å². The molecule has 0 aliphatic heterocycles. The standard InChI is InChI=1S/C12H13F2N5O/c1-6-3-4-8(15)7(5-6)11(20)17-12-16-10(9(13)14)18-19(12)2/h3-5,9H,15H2,1-2H3,(H,16,17,18,20). The van der Waals surface area contributed by atoms with E-state index >= 15 is 0 Å². The van der Waals surface area contributed by atoms with Gasteiger partial charge in [-0.05, 0) is 19.1 Å². The number of aromatic nitrogens is 3. The average molecular weight is 281 g/mol. The summed E-state index contributed by atoms with van der Waals surface area (Å²) in [6.45, 7) is 1.81. The lowest BCUT2D eigenvalue weighted by atomic mass is 10.1. The maximum absolute atomic E-state index is 12.5. The second-order valence-electron chi connectivity index (χ2n) is 4.26. The van der Waals surface area contributed by atoms with Gasteiger partial charge in [0, 0.05) is 12.7 Å². The van der Waals surface area contributed by atoms with Gasteiger partial charge in [0.2, 0.25) is 11.8 Å². The zero-order chi connectivity index (χ0) is 14.9. The third-order valence-corrected chi connectivity index (χ3v) is 2.65. The normalized spacial score (nSPS) is 10.8. The van der Waals surface area contributed by atoms with Crippen molar-refractivity contribution in [3.8, 4) is 0 Å². The summed E-state index contributed by atoms with van der Waals surface area (Å²) in [4.78, 5) is 15.6. The van der Waals surface area contributed by atoms with E-state index in [1.165, 1.54) is 7.05 Å². The maximum Gasteiger partial charge on any atom is 0.299 e. The fraction of sp³-hybridized carbons (Fsp3) is 0.250. The summed E-state index contributed by atoms with van der Waals surface area (Å²) in [7, 11) is 1.41. The zero-order valence-electron chi connectivity index (χ0n) is 10.9. The van der Waals surface area contributed by atoms with Crippen LogP contribution in [0.5, 0.6) is 0 Å². The van der Waals surface area contributed by atoms with E-state index in [4.69, 9.17) is 5.73 Å². The summed E-state index contributed by atoms with van der Waals surface area (Å²) in [6.07, 6.45) is -2.80. The van der Waals surface area contributed by atoms with Gasteiger partial charge in [0.1, 0.15) is 0 Å². The van der Waals surface area contributed by atoms with Crippen LogP contribution in [-0.2, 0) is 7.05 Å². The van der Waals surface area contributed by atoms with E-state index in [1.54, 1.807) is 18.2 Å². The number of rotatable bonds is 3. The number of anilines is 2. The largest absolute Gasteiger partial charge is 0.398 e. The van der Waals surface area contributed by atoms with E-state index in [0.29, 0.717) is 5.69 Å². The third kappa shape index (κ3) is 2.73. The quantitative estimate of drug-likeness (QED) is 0.841. The van der Waals surface area contributed by atoms with Crippen molar-refractivity contribution in [2.75, 3.05) is 11.1 Å². The molecule has 0 aliphatic rings. The number of carbonyl (C=O) groups is 1. The van der Waals surface area contributed by atoms with Crippen LogP contribution in [0, 0.1) is 6.92 Å². The summed E-state index contributed by atoms with van der Waals surface area (Å²) in [5, 5.41) is 5.91. The second kappa shape index (κ2) is 5.24. The molecule has 106 valence electrons. The molecule has 0 fully saturated rings. The minimum Gasteiger partial charge on any atom is -0.398 e. The number of aryl methyl sites for hydroxylation is 2. The van der Waals surface area contributed by atoms with Crippen LogP contribution in [0.4, 0.5) is 20.4 Å². The molecule has 2 rings (SSSR count). The Balaban J connectivity index is 2.25. The van der Waals surface area contributed by atoms with Gasteiger partial charge >= 0.3 is 0 Å². The first-order valence-corrected chi connectivity index (χ1v) is 5.75. The van der Waals surface area contributed by atoms with Gasteiger partial charge in [0.15, 0.2) is 0 Å². The maximum atomic E-state index is 12.5. The molecule has 0 saturated heterocycles. The molecule has 1 aromatic heterocycles. The van der Waals surface area contributed by atoms with Crippen LogP contribution in [0.2, 0.25) is 0 Å². The first-order valence-electron chi connectivity index (χ1n) is 5.75. The van der Waals surface area contributed by atoms with E-state index in [0.717, 1.165) is 10.2 Å². The van der Waals surface area contributed by atoms with Crippen molar-refractivity contribution in [2.24, 2.45) is 7.05 Å². The molecule has 0 unspecified atom stereocenters. The van der Waals surface area contributed by atoms with E-state index in [9.17, 15) is 13.6 Å². The number of halogens is 2. The summed E-state index contributed by atoms with van der Waals surface area (Å²) < 4.78 is 26.0. The molecule has 0 aliphatic carbocycles. The smallest absolute Gasteiger partial charge is 0.299 e. The van der Waals surface area contributed by atoms with Gasteiger partial charge in [0.05, 0.1) is 5.56 Å². The molecular weight excluding hydrogens is 268 g/mol. The number of alkyl halides is 2. The average Bonchev–Trinajstić information content (AvgIpc) is 2.74. The molecule has 1 aromatic carbocycles. The van der Waals surface area contributed by atoms with Crippen LogP contribution in [0.25, 0.3) is 0 Å². The van der Waals surface area contributed by atoms with Crippen LogP contribution in [0.3, 0.4) is 0 Å². The Morgan fingerprint density at radius 1 is 1.45 bits per heavy atom. The summed E-state index contributed by atoms with van der Waals surface area (Å²) in [5.74, 6) is -1.23. The third-order valence-electron chi connectivity index (χ3n) is 2.65. The number of hydrogen-bond acceptors (Lipinski definition) is 4. The van der Waals surface area contributed by atoms with Crippen molar-refractivity contribution in [2.45, 2.75) is 13.3 Å². The molecule has 0 bridgehead atoms. The zero-order valence-corrected chi connectivity index (χ0v) is 10.9. The molecule has 8 heteroatoms. The number of nitrogens with two attached hydrogens (primary N) is 1. The van der Waals surface area contributed by atoms with Crippen molar-refractivity contribution in [3.05, 3.63) is 35.2 Å².